The predicted octanol–water partition coefficient (Wildman–Crippen LogP) is 4.34. The highest BCUT2D eigenvalue weighted by atomic mass is 32.1. The Morgan fingerprint density at radius 1 is 1.00 bits per heavy atom. The Hall–Kier alpha value is -3.00. The molecule has 2 amide bonds. The van der Waals surface area contributed by atoms with E-state index in [1.165, 1.54) is 16.9 Å². The Kier molecular flexibility index (Phi) is 6.14. The number of carbonyl (C=O) groups is 2. The van der Waals surface area contributed by atoms with Crippen molar-refractivity contribution in [2.24, 2.45) is 0 Å². The van der Waals surface area contributed by atoms with Crippen LogP contribution in [0.3, 0.4) is 0 Å². The van der Waals surface area contributed by atoms with Gasteiger partial charge in [-0.25, -0.2) is 0 Å². The van der Waals surface area contributed by atoms with Gasteiger partial charge >= 0.3 is 0 Å². The molecule has 3 aliphatic rings. The maximum Gasteiger partial charge on any atom is 0.261 e. The number of nitrogens with one attached hydrogen (secondary N) is 1. The minimum atomic E-state index is 0.0113. The van der Waals surface area contributed by atoms with E-state index in [9.17, 15) is 9.59 Å². The number of carbonyl (C=O) groups excluding carboxylic acids is 2. The van der Waals surface area contributed by atoms with Gasteiger partial charge < -0.3 is 15.0 Å². The summed E-state index contributed by atoms with van der Waals surface area (Å²) in [6, 6.07) is 18.4. The van der Waals surface area contributed by atoms with Crippen molar-refractivity contribution in [3.8, 4) is 10.4 Å². The van der Waals surface area contributed by atoms with E-state index in [1.54, 1.807) is 0 Å². The standard InChI is InChI=1S/C28H29N3O3S/c32-27(29-22-9-10-22)25-17-21-11-12-31(24-4-2-1-3-23(24)26(21)35-25)28(33)20-7-5-19(6-8-20)18-30-13-15-34-16-14-30/h1-8,17,22H,9-16,18H2,(H,29,32). The highest BCUT2D eigenvalue weighted by molar-refractivity contribution is 7.17. The number of ether oxygens (including phenoxy) is 1. The first-order chi connectivity index (χ1) is 17.2. The average Bonchev–Trinajstić information content (AvgIpc) is 3.63. The summed E-state index contributed by atoms with van der Waals surface area (Å²) in [7, 11) is 0. The molecule has 3 heterocycles. The quantitative estimate of drug-likeness (QED) is 0.582. The van der Waals surface area contributed by atoms with E-state index >= 15 is 0 Å². The first-order valence-electron chi connectivity index (χ1n) is 12.4. The van der Waals surface area contributed by atoms with Gasteiger partial charge in [0.05, 0.1) is 23.8 Å². The van der Waals surface area contributed by atoms with Gasteiger partial charge in [-0.2, -0.15) is 0 Å². The third kappa shape index (κ3) is 4.76. The number of hydrogen-bond donors (Lipinski definition) is 1. The molecule has 1 saturated carbocycles. The molecule has 2 aliphatic heterocycles. The topological polar surface area (TPSA) is 61.9 Å². The molecule has 7 heteroatoms. The van der Waals surface area contributed by atoms with Crippen molar-refractivity contribution >= 4 is 28.8 Å². The highest BCUT2D eigenvalue weighted by Crippen LogP contribution is 2.42. The fraction of sp³-hybridized carbons (Fsp3) is 0.357. The molecule has 1 N–H and O–H groups in total. The van der Waals surface area contributed by atoms with E-state index in [-0.39, 0.29) is 11.8 Å². The minimum Gasteiger partial charge on any atom is -0.379 e. The van der Waals surface area contributed by atoms with Gasteiger partial charge in [0.1, 0.15) is 0 Å². The number of para-hydroxylation sites is 1. The van der Waals surface area contributed by atoms with Crippen molar-refractivity contribution in [3.05, 3.63) is 76.2 Å². The number of fused-ring (bicyclic) bond motifs is 3. The molecule has 6 nitrogen and oxygen atoms in total. The lowest BCUT2D eigenvalue weighted by molar-refractivity contribution is 0.0342. The van der Waals surface area contributed by atoms with Crippen molar-refractivity contribution in [2.75, 3.05) is 37.7 Å². The Balaban J connectivity index is 1.23. The second-order valence-corrected chi connectivity index (χ2v) is 10.6. The molecule has 2 fully saturated rings. The summed E-state index contributed by atoms with van der Waals surface area (Å²) in [5.74, 6) is 0.0328. The lowest BCUT2D eigenvalue weighted by Gasteiger charge is -2.26. The third-order valence-electron chi connectivity index (χ3n) is 6.95. The van der Waals surface area contributed by atoms with Crippen LogP contribution in [0, 0.1) is 0 Å². The molecular formula is C28H29N3O3S. The van der Waals surface area contributed by atoms with E-state index in [4.69, 9.17) is 4.74 Å². The molecule has 6 rings (SSSR count). The zero-order valence-electron chi connectivity index (χ0n) is 19.7. The van der Waals surface area contributed by atoms with E-state index in [0.29, 0.717) is 18.2 Å². The van der Waals surface area contributed by atoms with Crippen LogP contribution in [0.1, 0.15) is 44.0 Å². The summed E-state index contributed by atoms with van der Waals surface area (Å²) in [5.41, 5.74) is 4.97. The maximum absolute atomic E-state index is 13.6. The number of benzene rings is 2. The third-order valence-corrected chi connectivity index (χ3v) is 8.15. The fourth-order valence-electron chi connectivity index (χ4n) is 4.83. The number of rotatable bonds is 5. The number of anilines is 1. The zero-order chi connectivity index (χ0) is 23.8. The molecule has 0 spiro atoms. The Bertz CT molecular complexity index is 1240. The number of morpholine rings is 1. The van der Waals surface area contributed by atoms with Crippen LogP contribution in [0.2, 0.25) is 0 Å². The van der Waals surface area contributed by atoms with Crippen LogP contribution in [0.4, 0.5) is 5.69 Å². The van der Waals surface area contributed by atoms with Gasteiger partial charge in [0.25, 0.3) is 11.8 Å². The Labute approximate surface area is 209 Å². The number of nitrogens with zero attached hydrogens (tertiary/aromatic N) is 2. The first-order valence-corrected chi connectivity index (χ1v) is 13.2. The largest absolute Gasteiger partial charge is 0.379 e. The smallest absolute Gasteiger partial charge is 0.261 e. The molecule has 3 aromatic rings. The van der Waals surface area contributed by atoms with Crippen LogP contribution in [-0.2, 0) is 17.7 Å². The van der Waals surface area contributed by atoms with Crippen LogP contribution in [0.5, 0.6) is 0 Å². The molecule has 2 aromatic carbocycles. The monoisotopic (exact) mass is 487 g/mol. The SMILES string of the molecule is O=C(NC1CC1)c1cc2c(s1)-c1ccccc1N(C(=O)c1ccc(CN3CCOCC3)cc1)CC2. The molecule has 1 saturated heterocycles. The Morgan fingerprint density at radius 2 is 1.77 bits per heavy atom. The molecule has 0 radical (unpaired) electrons. The van der Waals surface area contributed by atoms with Crippen LogP contribution in [0.15, 0.2) is 54.6 Å². The highest BCUT2D eigenvalue weighted by Gasteiger charge is 2.29. The van der Waals surface area contributed by atoms with E-state index < -0.39 is 0 Å². The van der Waals surface area contributed by atoms with Crippen LogP contribution in [-0.4, -0.2) is 55.6 Å². The molecule has 180 valence electrons. The van der Waals surface area contributed by atoms with Crippen molar-refractivity contribution in [2.45, 2.75) is 31.8 Å². The summed E-state index contributed by atoms with van der Waals surface area (Å²) in [5, 5.41) is 3.10. The van der Waals surface area contributed by atoms with Crippen LogP contribution < -0.4 is 10.2 Å². The number of hydrogen-bond acceptors (Lipinski definition) is 5. The summed E-state index contributed by atoms with van der Waals surface area (Å²) in [4.78, 5) is 32.4. The fourth-order valence-corrected chi connectivity index (χ4v) is 5.98. The lowest BCUT2D eigenvalue weighted by Crippen LogP contribution is -2.35. The van der Waals surface area contributed by atoms with Gasteiger partial charge in [-0.05, 0) is 54.7 Å². The number of thiophene rings is 1. The second-order valence-electron chi connectivity index (χ2n) is 9.52. The van der Waals surface area contributed by atoms with Gasteiger partial charge in [-0.1, -0.05) is 30.3 Å². The van der Waals surface area contributed by atoms with E-state index in [1.807, 2.05) is 41.3 Å². The summed E-state index contributed by atoms with van der Waals surface area (Å²) < 4.78 is 5.44. The van der Waals surface area contributed by atoms with Gasteiger partial charge in [0.15, 0.2) is 0 Å². The molecule has 35 heavy (non-hydrogen) atoms. The molecule has 0 atom stereocenters. The average molecular weight is 488 g/mol. The van der Waals surface area contributed by atoms with Crippen molar-refractivity contribution < 1.29 is 14.3 Å². The maximum atomic E-state index is 13.6. The molecule has 0 bridgehead atoms. The molecule has 1 aliphatic carbocycles. The zero-order valence-corrected chi connectivity index (χ0v) is 20.5. The van der Waals surface area contributed by atoms with Gasteiger partial charge in [-0.15, -0.1) is 11.3 Å². The number of amides is 2. The molecule has 0 unspecified atom stereocenters. The van der Waals surface area contributed by atoms with Gasteiger partial charge in [-0.3, -0.25) is 14.5 Å². The summed E-state index contributed by atoms with van der Waals surface area (Å²) in [6.45, 7) is 4.91. The van der Waals surface area contributed by atoms with Crippen molar-refractivity contribution in [1.29, 1.82) is 0 Å². The van der Waals surface area contributed by atoms with E-state index in [0.717, 1.165) is 78.7 Å². The summed E-state index contributed by atoms with van der Waals surface area (Å²) in [6.07, 6.45) is 2.87. The van der Waals surface area contributed by atoms with Crippen molar-refractivity contribution in [3.63, 3.8) is 0 Å². The summed E-state index contributed by atoms with van der Waals surface area (Å²) >= 11 is 1.53. The predicted molar refractivity (Wildman–Crippen MR) is 138 cm³/mol. The van der Waals surface area contributed by atoms with Crippen LogP contribution >= 0.6 is 11.3 Å². The normalized spacial score (nSPS) is 17.9. The van der Waals surface area contributed by atoms with E-state index in [2.05, 4.69) is 28.4 Å². The minimum absolute atomic E-state index is 0.0113. The second kappa shape index (κ2) is 9.57. The van der Waals surface area contributed by atoms with Gasteiger partial charge in [0.2, 0.25) is 0 Å². The molecular weight excluding hydrogens is 458 g/mol. The lowest BCUT2D eigenvalue weighted by atomic mass is 10.1. The molecule has 1 aromatic heterocycles. The first kappa shape index (κ1) is 22.5. The van der Waals surface area contributed by atoms with Crippen molar-refractivity contribution in [1.82, 2.24) is 10.2 Å². The van der Waals surface area contributed by atoms with Gasteiger partial charge in [0, 0.05) is 48.2 Å². The Morgan fingerprint density at radius 3 is 2.54 bits per heavy atom. The van der Waals surface area contributed by atoms with Crippen LogP contribution in [0.25, 0.3) is 10.4 Å².